The zero-order valence-corrected chi connectivity index (χ0v) is 9.95. The second-order valence-corrected chi connectivity index (χ2v) is 4.19. The van der Waals surface area contributed by atoms with Crippen LogP contribution in [0.1, 0.15) is 18.6 Å². The molecule has 2 aromatic rings. The van der Waals surface area contributed by atoms with Gasteiger partial charge in [0, 0.05) is 12.5 Å². The van der Waals surface area contributed by atoms with E-state index in [0.717, 1.165) is 6.42 Å². The van der Waals surface area contributed by atoms with Crippen LogP contribution in [0.25, 0.3) is 0 Å². The van der Waals surface area contributed by atoms with E-state index in [1.54, 1.807) is 0 Å². The Kier molecular flexibility index (Phi) is 3.43. The summed E-state index contributed by atoms with van der Waals surface area (Å²) in [7, 11) is 0. The largest absolute Gasteiger partial charge is 0.383 e. The predicted octanol–water partition coefficient (Wildman–Crippen LogP) is 0.590. The standard InChI is InChI=1S/C9H11N5O2S/c1-2-6-12-8(16-14-6)4-17-9-11-5(10)3-7(15)13-9/h3H,2,4H2,1H3,(H3,10,11,13,15). The van der Waals surface area contributed by atoms with Gasteiger partial charge in [-0.25, -0.2) is 4.98 Å². The first-order chi connectivity index (χ1) is 8.17. The molecule has 2 heterocycles. The number of aromatic amines is 1. The van der Waals surface area contributed by atoms with Gasteiger partial charge in [-0.05, 0) is 0 Å². The summed E-state index contributed by atoms with van der Waals surface area (Å²) in [6.45, 7) is 1.94. The molecule has 0 saturated carbocycles. The maximum Gasteiger partial charge on any atom is 0.253 e. The summed E-state index contributed by atoms with van der Waals surface area (Å²) in [5, 5.41) is 4.20. The Hall–Kier alpha value is -1.83. The number of nitrogens with two attached hydrogens (primary N) is 1. The fraction of sp³-hybridized carbons (Fsp3) is 0.333. The van der Waals surface area contributed by atoms with Crippen molar-refractivity contribution in [3.8, 4) is 0 Å². The van der Waals surface area contributed by atoms with E-state index in [4.69, 9.17) is 10.3 Å². The lowest BCUT2D eigenvalue weighted by Crippen LogP contribution is -2.09. The Balaban J connectivity index is 2.04. The van der Waals surface area contributed by atoms with Crippen LogP contribution in [-0.2, 0) is 12.2 Å². The van der Waals surface area contributed by atoms with E-state index in [1.165, 1.54) is 17.8 Å². The lowest BCUT2D eigenvalue weighted by atomic mass is 10.5. The van der Waals surface area contributed by atoms with Crippen molar-refractivity contribution in [3.63, 3.8) is 0 Å². The van der Waals surface area contributed by atoms with Gasteiger partial charge in [-0.2, -0.15) is 4.98 Å². The van der Waals surface area contributed by atoms with Crippen LogP contribution in [0.5, 0.6) is 0 Å². The summed E-state index contributed by atoms with van der Waals surface area (Å²) in [5.74, 6) is 1.79. The van der Waals surface area contributed by atoms with Crippen LogP contribution < -0.4 is 11.3 Å². The van der Waals surface area contributed by atoms with E-state index < -0.39 is 0 Å². The Morgan fingerprint density at radius 2 is 2.35 bits per heavy atom. The van der Waals surface area contributed by atoms with Crippen molar-refractivity contribution in [1.29, 1.82) is 0 Å². The lowest BCUT2D eigenvalue weighted by Gasteiger charge is -1.97. The van der Waals surface area contributed by atoms with E-state index in [1.807, 2.05) is 6.92 Å². The van der Waals surface area contributed by atoms with Gasteiger partial charge in [0.1, 0.15) is 5.82 Å². The van der Waals surface area contributed by atoms with Crippen molar-refractivity contribution in [2.75, 3.05) is 5.73 Å². The van der Waals surface area contributed by atoms with Crippen molar-refractivity contribution in [1.82, 2.24) is 20.1 Å². The number of H-pyrrole nitrogens is 1. The number of aryl methyl sites for hydroxylation is 1. The van der Waals surface area contributed by atoms with E-state index in [2.05, 4.69) is 20.1 Å². The first-order valence-electron chi connectivity index (χ1n) is 4.98. The molecule has 0 aliphatic carbocycles. The van der Waals surface area contributed by atoms with Gasteiger partial charge in [0.15, 0.2) is 11.0 Å². The van der Waals surface area contributed by atoms with E-state index in [0.29, 0.717) is 22.6 Å². The zero-order valence-electron chi connectivity index (χ0n) is 9.14. The van der Waals surface area contributed by atoms with Gasteiger partial charge in [-0.1, -0.05) is 23.8 Å². The number of thioether (sulfide) groups is 1. The first-order valence-corrected chi connectivity index (χ1v) is 5.97. The van der Waals surface area contributed by atoms with Crippen molar-refractivity contribution in [3.05, 3.63) is 28.1 Å². The van der Waals surface area contributed by atoms with Crippen LogP contribution in [0, 0.1) is 0 Å². The highest BCUT2D eigenvalue weighted by molar-refractivity contribution is 7.98. The highest BCUT2D eigenvalue weighted by Crippen LogP contribution is 2.17. The molecule has 3 N–H and O–H groups in total. The van der Waals surface area contributed by atoms with E-state index >= 15 is 0 Å². The molecule has 0 bridgehead atoms. The lowest BCUT2D eigenvalue weighted by molar-refractivity contribution is 0.385. The number of aromatic nitrogens is 4. The molecule has 90 valence electrons. The molecule has 2 rings (SSSR count). The van der Waals surface area contributed by atoms with Gasteiger partial charge >= 0.3 is 0 Å². The third-order valence-electron chi connectivity index (χ3n) is 1.90. The van der Waals surface area contributed by atoms with Gasteiger partial charge < -0.3 is 15.2 Å². The molecular weight excluding hydrogens is 242 g/mol. The monoisotopic (exact) mass is 253 g/mol. The number of hydrogen-bond donors (Lipinski definition) is 2. The molecule has 0 saturated heterocycles. The second kappa shape index (κ2) is 5.00. The fourth-order valence-corrected chi connectivity index (χ4v) is 1.86. The fourth-order valence-electron chi connectivity index (χ4n) is 1.14. The summed E-state index contributed by atoms with van der Waals surface area (Å²) in [6, 6.07) is 1.23. The molecule has 7 nitrogen and oxygen atoms in total. The minimum absolute atomic E-state index is 0.191. The Labute approximate surface area is 101 Å². The molecule has 8 heteroatoms. The van der Waals surface area contributed by atoms with E-state index in [-0.39, 0.29) is 11.4 Å². The Morgan fingerprint density at radius 1 is 1.53 bits per heavy atom. The highest BCUT2D eigenvalue weighted by Gasteiger charge is 2.06. The average Bonchev–Trinajstić information content (AvgIpc) is 2.73. The van der Waals surface area contributed by atoms with Crippen LogP contribution in [0.15, 0.2) is 20.5 Å². The number of rotatable bonds is 4. The molecule has 0 radical (unpaired) electrons. The van der Waals surface area contributed by atoms with Crippen LogP contribution >= 0.6 is 11.8 Å². The van der Waals surface area contributed by atoms with Crippen LogP contribution in [-0.4, -0.2) is 20.1 Å². The summed E-state index contributed by atoms with van der Waals surface area (Å²) in [6.07, 6.45) is 0.724. The Morgan fingerprint density at radius 3 is 3.00 bits per heavy atom. The van der Waals surface area contributed by atoms with E-state index in [9.17, 15) is 4.79 Å². The molecule has 0 aliphatic heterocycles. The van der Waals surface area contributed by atoms with Crippen LogP contribution in [0.4, 0.5) is 5.82 Å². The molecule has 0 fully saturated rings. The maximum atomic E-state index is 11.1. The van der Waals surface area contributed by atoms with Crippen LogP contribution in [0.3, 0.4) is 0 Å². The minimum Gasteiger partial charge on any atom is -0.383 e. The number of hydrogen-bond acceptors (Lipinski definition) is 7. The van der Waals surface area contributed by atoms with Gasteiger partial charge in [0.2, 0.25) is 5.89 Å². The maximum absolute atomic E-state index is 11.1. The minimum atomic E-state index is -0.278. The number of nitrogens with zero attached hydrogens (tertiary/aromatic N) is 3. The van der Waals surface area contributed by atoms with Crippen molar-refractivity contribution in [2.45, 2.75) is 24.3 Å². The summed E-state index contributed by atoms with van der Waals surface area (Å²) in [4.78, 5) is 21.8. The average molecular weight is 253 g/mol. The zero-order chi connectivity index (χ0) is 12.3. The molecule has 0 aromatic carbocycles. The quantitative estimate of drug-likeness (QED) is 0.606. The summed E-state index contributed by atoms with van der Waals surface area (Å²) >= 11 is 1.28. The smallest absolute Gasteiger partial charge is 0.253 e. The second-order valence-electron chi connectivity index (χ2n) is 3.22. The van der Waals surface area contributed by atoms with Gasteiger partial charge in [-0.15, -0.1) is 0 Å². The summed E-state index contributed by atoms with van der Waals surface area (Å²) in [5.41, 5.74) is 5.18. The molecule has 0 spiro atoms. The van der Waals surface area contributed by atoms with Crippen molar-refractivity contribution >= 4 is 17.6 Å². The van der Waals surface area contributed by atoms with Gasteiger partial charge in [-0.3, -0.25) is 4.79 Å². The number of nitrogens with one attached hydrogen (secondary N) is 1. The van der Waals surface area contributed by atoms with Gasteiger partial charge in [0.25, 0.3) is 5.56 Å². The summed E-state index contributed by atoms with van der Waals surface area (Å²) < 4.78 is 5.00. The number of nitrogen functional groups attached to an aromatic ring is 1. The van der Waals surface area contributed by atoms with Crippen LogP contribution in [0.2, 0.25) is 0 Å². The SMILES string of the molecule is CCc1noc(CSc2nc(N)cc(=O)[nH]2)n1. The molecule has 0 amide bonds. The molecular formula is C9H11N5O2S. The molecule has 17 heavy (non-hydrogen) atoms. The van der Waals surface area contributed by atoms with Crippen molar-refractivity contribution in [2.24, 2.45) is 0 Å². The van der Waals surface area contributed by atoms with Crippen molar-refractivity contribution < 1.29 is 4.52 Å². The Bertz CT molecular complexity index is 565. The topological polar surface area (TPSA) is 111 Å². The first kappa shape index (κ1) is 11.6. The third-order valence-corrected chi connectivity index (χ3v) is 2.76. The third kappa shape index (κ3) is 3.06. The normalized spacial score (nSPS) is 10.6. The predicted molar refractivity (Wildman–Crippen MR) is 62.5 cm³/mol. The number of anilines is 1. The molecule has 0 atom stereocenters. The molecule has 0 aliphatic rings. The molecule has 2 aromatic heterocycles. The van der Waals surface area contributed by atoms with Gasteiger partial charge in [0.05, 0.1) is 5.75 Å². The highest BCUT2D eigenvalue weighted by atomic mass is 32.2. The molecule has 0 unspecified atom stereocenters.